The Kier molecular flexibility index (Phi) is 6.93. The van der Waals surface area contributed by atoms with Gasteiger partial charge in [0.15, 0.2) is 0 Å². The van der Waals surface area contributed by atoms with Gasteiger partial charge in [-0.15, -0.1) is 11.8 Å². The normalized spacial score (nSPS) is 10.1. The number of rotatable bonds is 7. The third-order valence-corrected chi connectivity index (χ3v) is 3.63. The molecule has 1 rings (SSSR count). The van der Waals surface area contributed by atoms with Gasteiger partial charge in [0, 0.05) is 31.5 Å². The Bertz CT molecular complexity index is 465. The van der Waals surface area contributed by atoms with Crippen LogP contribution < -0.4 is 5.32 Å². The summed E-state index contributed by atoms with van der Waals surface area (Å²) in [7, 11) is 1.73. The Morgan fingerprint density at radius 2 is 2.05 bits per heavy atom. The van der Waals surface area contributed by atoms with Crippen LogP contribution in [0.15, 0.2) is 29.2 Å². The zero-order chi connectivity index (χ0) is 15.0. The van der Waals surface area contributed by atoms with Crippen molar-refractivity contribution in [3.63, 3.8) is 0 Å². The van der Waals surface area contributed by atoms with Gasteiger partial charge in [-0.2, -0.15) is 0 Å². The molecule has 0 radical (unpaired) electrons. The molecule has 5 nitrogen and oxygen atoms in total. The maximum atomic E-state index is 11.9. The topological polar surface area (TPSA) is 69.6 Å². The van der Waals surface area contributed by atoms with Gasteiger partial charge in [0.2, 0.25) is 0 Å². The van der Waals surface area contributed by atoms with E-state index >= 15 is 0 Å². The lowest BCUT2D eigenvalue weighted by Crippen LogP contribution is -2.37. The zero-order valence-corrected chi connectivity index (χ0v) is 12.6. The first-order chi connectivity index (χ1) is 9.54. The highest BCUT2D eigenvalue weighted by Gasteiger charge is 2.10. The average molecular weight is 296 g/mol. The predicted molar refractivity (Wildman–Crippen MR) is 80.0 cm³/mol. The number of amides is 2. The van der Waals surface area contributed by atoms with E-state index in [0.717, 1.165) is 10.5 Å². The average Bonchev–Trinajstić information content (AvgIpc) is 2.43. The zero-order valence-electron chi connectivity index (χ0n) is 11.8. The second kappa shape index (κ2) is 8.47. The molecule has 0 aliphatic heterocycles. The number of benzene rings is 1. The molecule has 2 amide bonds. The summed E-state index contributed by atoms with van der Waals surface area (Å²) in [4.78, 5) is 25.0. The lowest BCUT2D eigenvalue weighted by atomic mass is 10.2. The number of carbonyl (C=O) groups excluding carboxylic acids is 1. The molecule has 0 heterocycles. The van der Waals surface area contributed by atoms with Crippen molar-refractivity contribution in [2.45, 2.75) is 24.3 Å². The standard InChI is InChI=1S/C14H20N2O3S/c1-16(14(19)15-9-5-8-13(17)18)10-11-6-3-4-7-12(11)20-2/h3-4,6-7H,5,8-10H2,1-2H3,(H,15,19)(H,17,18). The molecule has 0 aliphatic carbocycles. The number of carboxylic acid groups (broad SMARTS) is 1. The summed E-state index contributed by atoms with van der Waals surface area (Å²) in [6, 6.07) is 7.76. The van der Waals surface area contributed by atoms with E-state index in [1.807, 2.05) is 30.5 Å². The molecule has 0 unspecified atom stereocenters. The van der Waals surface area contributed by atoms with E-state index in [2.05, 4.69) is 5.32 Å². The molecular formula is C14H20N2O3S. The minimum atomic E-state index is -0.846. The number of aliphatic carboxylic acids is 1. The fourth-order valence-corrected chi connectivity index (χ4v) is 2.34. The smallest absolute Gasteiger partial charge is 0.317 e. The molecule has 1 aromatic rings. The molecule has 0 saturated heterocycles. The third kappa shape index (κ3) is 5.52. The molecule has 110 valence electrons. The molecule has 0 aliphatic rings. The quantitative estimate of drug-likeness (QED) is 0.599. The molecule has 0 fully saturated rings. The van der Waals surface area contributed by atoms with Crippen LogP contribution in [0.3, 0.4) is 0 Å². The number of urea groups is 1. The lowest BCUT2D eigenvalue weighted by Gasteiger charge is -2.19. The van der Waals surface area contributed by atoms with E-state index in [9.17, 15) is 9.59 Å². The van der Waals surface area contributed by atoms with E-state index < -0.39 is 5.97 Å². The SMILES string of the molecule is CSc1ccccc1CN(C)C(=O)NCCCC(=O)O. The van der Waals surface area contributed by atoms with Crippen molar-refractivity contribution in [1.82, 2.24) is 10.2 Å². The Labute approximate surface area is 123 Å². The second-order valence-corrected chi connectivity index (χ2v) is 5.25. The van der Waals surface area contributed by atoms with Gasteiger partial charge in [-0.1, -0.05) is 18.2 Å². The number of carboxylic acids is 1. The number of hydrogen-bond donors (Lipinski definition) is 2. The summed E-state index contributed by atoms with van der Waals surface area (Å²) < 4.78 is 0. The number of nitrogens with zero attached hydrogens (tertiary/aromatic N) is 1. The van der Waals surface area contributed by atoms with E-state index in [4.69, 9.17) is 5.11 Å². The lowest BCUT2D eigenvalue weighted by molar-refractivity contribution is -0.137. The van der Waals surface area contributed by atoms with E-state index in [1.165, 1.54) is 0 Å². The highest BCUT2D eigenvalue weighted by atomic mass is 32.2. The molecule has 0 aromatic heterocycles. The molecule has 2 N–H and O–H groups in total. The maximum Gasteiger partial charge on any atom is 0.317 e. The first kappa shape index (κ1) is 16.4. The van der Waals surface area contributed by atoms with Crippen molar-refractivity contribution in [2.75, 3.05) is 19.8 Å². The Hall–Kier alpha value is -1.69. The van der Waals surface area contributed by atoms with Crippen LogP contribution in [0.5, 0.6) is 0 Å². The molecule has 1 aromatic carbocycles. The highest BCUT2D eigenvalue weighted by Crippen LogP contribution is 2.20. The van der Waals surface area contributed by atoms with Gasteiger partial charge in [0.05, 0.1) is 0 Å². The summed E-state index contributed by atoms with van der Waals surface area (Å²) in [5.74, 6) is -0.846. The van der Waals surface area contributed by atoms with E-state index in [-0.39, 0.29) is 12.5 Å². The van der Waals surface area contributed by atoms with Crippen LogP contribution in [0.1, 0.15) is 18.4 Å². The fourth-order valence-electron chi connectivity index (χ4n) is 1.73. The van der Waals surface area contributed by atoms with Gasteiger partial charge >= 0.3 is 12.0 Å². The number of nitrogens with one attached hydrogen (secondary N) is 1. The first-order valence-corrected chi connectivity index (χ1v) is 7.59. The molecule has 6 heteroatoms. The molecule has 0 saturated carbocycles. The molecule has 0 atom stereocenters. The molecular weight excluding hydrogens is 276 g/mol. The van der Waals surface area contributed by atoms with Crippen LogP contribution in [0, 0.1) is 0 Å². The van der Waals surface area contributed by atoms with Crippen molar-refractivity contribution < 1.29 is 14.7 Å². The highest BCUT2D eigenvalue weighted by molar-refractivity contribution is 7.98. The largest absolute Gasteiger partial charge is 0.481 e. The summed E-state index contributed by atoms with van der Waals surface area (Å²) in [6.45, 7) is 0.904. The van der Waals surface area contributed by atoms with Crippen LogP contribution in [0.2, 0.25) is 0 Å². The predicted octanol–water partition coefficient (Wildman–Crippen LogP) is 2.41. The van der Waals surface area contributed by atoms with Crippen molar-refractivity contribution >= 4 is 23.8 Å². The van der Waals surface area contributed by atoms with E-state index in [1.54, 1.807) is 23.7 Å². The molecule has 0 bridgehead atoms. The summed E-state index contributed by atoms with van der Waals surface area (Å²) in [6.07, 6.45) is 2.51. The van der Waals surface area contributed by atoms with Gasteiger partial charge in [-0.25, -0.2) is 4.79 Å². The first-order valence-electron chi connectivity index (χ1n) is 6.37. The summed E-state index contributed by atoms with van der Waals surface area (Å²) in [5.41, 5.74) is 1.10. The minimum absolute atomic E-state index is 0.0688. The van der Waals surface area contributed by atoms with Gasteiger partial charge in [0.25, 0.3) is 0 Å². The van der Waals surface area contributed by atoms with Crippen LogP contribution in [0.25, 0.3) is 0 Å². The van der Waals surface area contributed by atoms with Crippen LogP contribution in [-0.2, 0) is 11.3 Å². The number of carbonyl (C=O) groups is 2. The Morgan fingerprint density at radius 1 is 1.35 bits per heavy atom. The van der Waals surface area contributed by atoms with Crippen molar-refractivity contribution in [1.29, 1.82) is 0 Å². The third-order valence-electron chi connectivity index (χ3n) is 2.79. The van der Waals surface area contributed by atoms with Crippen LogP contribution in [-0.4, -0.2) is 41.9 Å². The van der Waals surface area contributed by atoms with Gasteiger partial charge in [-0.05, 0) is 24.3 Å². The van der Waals surface area contributed by atoms with Gasteiger partial charge < -0.3 is 15.3 Å². The Morgan fingerprint density at radius 3 is 2.70 bits per heavy atom. The van der Waals surface area contributed by atoms with Crippen molar-refractivity contribution in [3.8, 4) is 0 Å². The molecule has 0 spiro atoms. The maximum absolute atomic E-state index is 11.9. The van der Waals surface area contributed by atoms with Gasteiger partial charge in [-0.3, -0.25) is 4.79 Å². The molecule has 20 heavy (non-hydrogen) atoms. The number of hydrogen-bond acceptors (Lipinski definition) is 3. The van der Waals surface area contributed by atoms with Crippen molar-refractivity contribution in [2.24, 2.45) is 0 Å². The van der Waals surface area contributed by atoms with Gasteiger partial charge in [0.1, 0.15) is 0 Å². The van der Waals surface area contributed by atoms with E-state index in [0.29, 0.717) is 19.5 Å². The van der Waals surface area contributed by atoms with Crippen LogP contribution in [0.4, 0.5) is 4.79 Å². The second-order valence-electron chi connectivity index (χ2n) is 4.40. The summed E-state index contributed by atoms with van der Waals surface area (Å²) in [5, 5.41) is 11.2. The van der Waals surface area contributed by atoms with Crippen molar-refractivity contribution in [3.05, 3.63) is 29.8 Å². The van der Waals surface area contributed by atoms with Crippen LogP contribution >= 0.6 is 11.8 Å². The summed E-state index contributed by atoms with van der Waals surface area (Å²) >= 11 is 1.65. The fraction of sp³-hybridized carbons (Fsp3) is 0.429. The monoisotopic (exact) mass is 296 g/mol. The number of thioether (sulfide) groups is 1. The minimum Gasteiger partial charge on any atom is -0.481 e. The Balaban J connectivity index is 2.43.